The average Bonchev–Trinajstić information content (AvgIpc) is 2.05. The molecule has 1 aliphatic carbocycles. The Hall–Kier alpha value is 0.310. The van der Waals surface area contributed by atoms with Gasteiger partial charge in [-0.05, 0) is 43.5 Å². The first kappa shape index (κ1) is 9.40. The number of hydrogen-bond acceptors (Lipinski definition) is 2. The summed E-state index contributed by atoms with van der Waals surface area (Å²) in [6, 6.07) is 0. The van der Waals surface area contributed by atoms with E-state index in [1.54, 1.807) is 0 Å². The fraction of sp³-hybridized carbons (Fsp3) is 0.875. The van der Waals surface area contributed by atoms with E-state index in [0.29, 0.717) is 0 Å². The average molecular weight is 193 g/mol. The first-order chi connectivity index (χ1) is 5.24. The van der Waals surface area contributed by atoms with Crippen LogP contribution in [0.5, 0.6) is 0 Å². The lowest BCUT2D eigenvalue weighted by molar-refractivity contribution is -0.115. The summed E-state index contributed by atoms with van der Waals surface area (Å²) in [5, 5.41) is 0.631. The molecule has 0 aliphatic heterocycles. The summed E-state index contributed by atoms with van der Waals surface area (Å²) in [4.78, 5) is 10.8. The van der Waals surface area contributed by atoms with E-state index in [2.05, 4.69) is 6.26 Å². The first-order valence-electron chi connectivity index (χ1n) is 3.96. The van der Waals surface area contributed by atoms with Gasteiger partial charge < -0.3 is 0 Å². The van der Waals surface area contributed by atoms with Crippen LogP contribution in [0.2, 0.25) is 0 Å². The SMILES string of the molecule is CSC1CCC(C(=O)Cl)CC1. The van der Waals surface area contributed by atoms with Gasteiger partial charge in [0.25, 0.3) is 0 Å². The Morgan fingerprint density at radius 2 is 1.91 bits per heavy atom. The molecule has 0 saturated heterocycles. The summed E-state index contributed by atoms with van der Waals surface area (Å²) in [5.41, 5.74) is 0. The highest BCUT2D eigenvalue weighted by molar-refractivity contribution is 7.99. The van der Waals surface area contributed by atoms with E-state index in [0.717, 1.165) is 30.9 Å². The summed E-state index contributed by atoms with van der Waals surface area (Å²) >= 11 is 7.31. The van der Waals surface area contributed by atoms with E-state index in [9.17, 15) is 4.79 Å². The second kappa shape index (κ2) is 4.36. The van der Waals surface area contributed by atoms with Gasteiger partial charge >= 0.3 is 0 Å². The number of halogens is 1. The van der Waals surface area contributed by atoms with Crippen LogP contribution in [0, 0.1) is 5.92 Å². The van der Waals surface area contributed by atoms with E-state index < -0.39 is 0 Å². The lowest BCUT2D eigenvalue weighted by atomic mass is 9.90. The Morgan fingerprint density at radius 1 is 1.36 bits per heavy atom. The Kier molecular flexibility index (Phi) is 3.73. The molecule has 0 aromatic heterocycles. The molecule has 1 rings (SSSR count). The van der Waals surface area contributed by atoms with Crippen LogP contribution in [0.3, 0.4) is 0 Å². The maximum atomic E-state index is 10.8. The van der Waals surface area contributed by atoms with Gasteiger partial charge in [0.05, 0.1) is 0 Å². The minimum atomic E-state index is -0.135. The molecule has 0 amide bonds. The van der Waals surface area contributed by atoms with E-state index in [4.69, 9.17) is 11.6 Å². The summed E-state index contributed by atoms with van der Waals surface area (Å²) in [7, 11) is 0. The Morgan fingerprint density at radius 3 is 2.27 bits per heavy atom. The summed E-state index contributed by atoms with van der Waals surface area (Å²) < 4.78 is 0. The van der Waals surface area contributed by atoms with E-state index in [1.165, 1.54) is 0 Å². The molecule has 11 heavy (non-hydrogen) atoms. The van der Waals surface area contributed by atoms with E-state index >= 15 is 0 Å². The van der Waals surface area contributed by atoms with Crippen LogP contribution < -0.4 is 0 Å². The molecule has 1 fully saturated rings. The molecule has 1 nitrogen and oxygen atoms in total. The van der Waals surface area contributed by atoms with Crippen molar-refractivity contribution in [2.24, 2.45) is 5.92 Å². The zero-order valence-corrected chi connectivity index (χ0v) is 8.25. The molecule has 0 heterocycles. The predicted octanol–water partition coefficient (Wildman–Crippen LogP) is 2.67. The topological polar surface area (TPSA) is 17.1 Å². The minimum Gasteiger partial charge on any atom is -0.281 e. The van der Waals surface area contributed by atoms with Crippen molar-refractivity contribution in [1.29, 1.82) is 0 Å². The van der Waals surface area contributed by atoms with Crippen molar-refractivity contribution in [2.75, 3.05) is 6.26 Å². The third-order valence-corrected chi connectivity index (χ3v) is 3.78. The molecule has 0 radical (unpaired) electrons. The van der Waals surface area contributed by atoms with Crippen LogP contribution in [0.4, 0.5) is 0 Å². The second-order valence-electron chi connectivity index (χ2n) is 3.01. The van der Waals surface area contributed by atoms with E-state index in [1.807, 2.05) is 11.8 Å². The molecule has 0 aromatic carbocycles. The van der Waals surface area contributed by atoms with Gasteiger partial charge in [0.1, 0.15) is 0 Å². The zero-order chi connectivity index (χ0) is 8.27. The summed E-state index contributed by atoms with van der Waals surface area (Å²) in [6.07, 6.45) is 6.43. The number of hydrogen-bond donors (Lipinski definition) is 0. The molecule has 0 aromatic rings. The summed E-state index contributed by atoms with van der Waals surface area (Å²) in [6.45, 7) is 0. The number of thioether (sulfide) groups is 1. The lowest BCUT2D eigenvalue weighted by Gasteiger charge is -2.24. The maximum Gasteiger partial charge on any atom is 0.224 e. The van der Waals surface area contributed by atoms with Gasteiger partial charge in [-0.3, -0.25) is 4.79 Å². The van der Waals surface area contributed by atoms with Gasteiger partial charge in [-0.1, -0.05) is 0 Å². The zero-order valence-electron chi connectivity index (χ0n) is 6.68. The standard InChI is InChI=1S/C8H13ClOS/c1-11-7-4-2-6(3-5-7)8(9)10/h6-7H,2-5H2,1H3. The Bertz CT molecular complexity index is 141. The van der Waals surface area contributed by atoms with Crippen LogP contribution in [0.25, 0.3) is 0 Å². The van der Waals surface area contributed by atoms with Gasteiger partial charge in [-0.15, -0.1) is 0 Å². The molecule has 3 heteroatoms. The minimum absolute atomic E-state index is 0.135. The molecule has 1 saturated carbocycles. The molecule has 0 atom stereocenters. The third kappa shape index (κ3) is 2.68. The predicted molar refractivity (Wildman–Crippen MR) is 50.1 cm³/mol. The van der Waals surface area contributed by atoms with Crippen LogP contribution in [0.1, 0.15) is 25.7 Å². The van der Waals surface area contributed by atoms with Crippen molar-refractivity contribution in [3.63, 3.8) is 0 Å². The fourth-order valence-electron chi connectivity index (χ4n) is 1.53. The highest BCUT2D eigenvalue weighted by atomic mass is 35.5. The molecule has 64 valence electrons. The second-order valence-corrected chi connectivity index (χ2v) is 4.52. The fourth-order valence-corrected chi connectivity index (χ4v) is 2.49. The molecular formula is C8H13ClOS. The first-order valence-corrected chi connectivity index (χ1v) is 5.62. The quantitative estimate of drug-likeness (QED) is 0.626. The van der Waals surface area contributed by atoms with Crippen LogP contribution in [0.15, 0.2) is 0 Å². The van der Waals surface area contributed by atoms with Crippen molar-refractivity contribution in [2.45, 2.75) is 30.9 Å². The maximum absolute atomic E-state index is 10.8. The van der Waals surface area contributed by atoms with Crippen molar-refractivity contribution in [3.8, 4) is 0 Å². The van der Waals surface area contributed by atoms with Gasteiger partial charge in [-0.2, -0.15) is 11.8 Å². The van der Waals surface area contributed by atoms with Gasteiger partial charge in [0.15, 0.2) is 0 Å². The molecular weight excluding hydrogens is 180 g/mol. The normalized spacial score (nSPS) is 31.8. The smallest absolute Gasteiger partial charge is 0.224 e. The molecule has 1 aliphatic rings. The van der Waals surface area contributed by atoms with Gasteiger partial charge in [0.2, 0.25) is 5.24 Å². The van der Waals surface area contributed by atoms with Gasteiger partial charge in [-0.25, -0.2) is 0 Å². The van der Waals surface area contributed by atoms with Crippen molar-refractivity contribution in [1.82, 2.24) is 0 Å². The Balaban J connectivity index is 2.30. The van der Waals surface area contributed by atoms with Crippen LogP contribution in [-0.4, -0.2) is 16.7 Å². The summed E-state index contributed by atoms with van der Waals surface area (Å²) in [5.74, 6) is 0.153. The molecule has 0 N–H and O–H groups in total. The van der Waals surface area contributed by atoms with Crippen LogP contribution in [-0.2, 0) is 4.79 Å². The number of carbonyl (C=O) groups is 1. The molecule has 0 unspecified atom stereocenters. The highest BCUT2D eigenvalue weighted by Crippen LogP contribution is 2.31. The van der Waals surface area contributed by atoms with Crippen molar-refractivity contribution in [3.05, 3.63) is 0 Å². The van der Waals surface area contributed by atoms with Crippen molar-refractivity contribution < 1.29 is 4.79 Å². The monoisotopic (exact) mass is 192 g/mol. The number of carbonyl (C=O) groups excluding carboxylic acids is 1. The third-order valence-electron chi connectivity index (χ3n) is 2.33. The highest BCUT2D eigenvalue weighted by Gasteiger charge is 2.24. The van der Waals surface area contributed by atoms with Crippen LogP contribution >= 0.6 is 23.4 Å². The molecule has 0 spiro atoms. The van der Waals surface area contributed by atoms with E-state index in [-0.39, 0.29) is 11.2 Å². The van der Waals surface area contributed by atoms with Gasteiger partial charge in [0, 0.05) is 11.2 Å². The number of rotatable bonds is 2. The van der Waals surface area contributed by atoms with Crippen molar-refractivity contribution >= 4 is 28.6 Å². The largest absolute Gasteiger partial charge is 0.281 e. The molecule has 0 bridgehead atoms. The lowest BCUT2D eigenvalue weighted by Crippen LogP contribution is -2.19. The Labute approximate surface area is 76.9 Å².